The van der Waals surface area contributed by atoms with Crippen LogP contribution in [0.3, 0.4) is 0 Å². The number of aromatic nitrogens is 1. The molecule has 2 amide bonds. The van der Waals surface area contributed by atoms with Gasteiger partial charge in [0.1, 0.15) is 11.4 Å². The molecule has 2 saturated heterocycles. The average Bonchev–Trinajstić information content (AvgIpc) is 3.54. The molecule has 2 N–H and O–H groups in total. The number of H-pyrrole nitrogens is 1. The number of anilines is 1. The van der Waals surface area contributed by atoms with Crippen molar-refractivity contribution < 1.29 is 18.7 Å². The minimum absolute atomic E-state index is 0.0784. The summed E-state index contributed by atoms with van der Waals surface area (Å²) >= 11 is 0. The first kappa shape index (κ1) is 19.3. The Bertz CT molecular complexity index is 1270. The van der Waals surface area contributed by atoms with Crippen molar-refractivity contribution in [2.24, 2.45) is 11.8 Å². The summed E-state index contributed by atoms with van der Waals surface area (Å²) in [6.07, 6.45) is 6.01. The highest BCUT2D eigenvalue weighted by Crippen LogP contribution is 2.52. The number of nitrogens with zero attached hydrogens (tertiary/aromatic N) is 1. The Morgan fingerprint density at radius 2 is 2.03 bits per heavy atom. The Hall–Kier alpha value is -3.45. The standard InChI is InChI=1S/C25H22FN3O3/c26-17-6-2-4-8-19(17)28-23(30)21-20-9-11-25(32-20)14-29(24(31)22(21)25)12-10-15-13-27-18-7-3-1-5-16(15)18/h1-9,11,13,20-22,27H,10,12,14H2,(H,28,30)/t20-,21-,22-,25+/m1/s1. The van der Waals surface area contributed by atoms with Crippen molar-refractivity contribution in [2.45, 2.75) is 18.1 Å². The number of carbonyl (C=O) groups excluding carboxylic acids is 2. The fraction of sp³-hybridized carbons (Fsp3) is 0.280. The van der Waals surface area contributed by atoms with Crippen LogP contribution in [0, 0.1) is 17.7 Å². The molecule has 2 aromatic carbocycles. The zero-order valence-electron chi connectivity index (χ0n) is 17.3. The molecule has 0 saturated carbocycles. The molecule has 4 atom stereocenters. The second-order valence-corrected chi connectivity index (χ2v) is 8.74. The maximum Gasteiger partial charge on any atom is 0.231 e. The number of amides is 2. The Morgan fingerprint density at radius 1 is 1.22 bits per heavy atom. The van der Waals surface area contributed by atoms with Crippen molar-refractivity contribution in [3.8, 4) is 0 Å². The molecule has 0 radical (unpaired) electrons. The molecule has 1 spiro atoms. The van der Waals surface area contributed by atoms with E-state index >= 15 is 0 Å². The molecule has 3 aromatic rings. The first-order valence-electron chi connectivity index (χ1n) is 10.8. The van der Waals surface area contributed by atoms with Gasteiger partial charge in [0, 0.05) is 23.6 Å². The molecule has 3 aliphatic rings. The number of aromatic amines is 1. The molecule has 6 rings (SSSR count). The van der Waals surface area contributed by atoms with Crippen molar-refractivity contribution in [3.05, 3.63) is 78.3 Å². The zero-order valence-corrected chi connectivity index (χ0v) is 17.3. The summed E-state index contributed by atoms with van der Waals surface area (Å²) in [5.74, 6) is -2.24. The summed E-state index contributed by atoms with van der Waals surface area (Å²) in [4.78, 5) is 31.5. The van der Waals surface area contributed by atoms with E-state index in [4.69, 9.17) is 4.74 Å². The Kier molecular flexibility index (Phi) is 4.23. The summed E-state index contributed by atoms with van der Waals surface area (Å²) in [6, 6.07) is 14.1. The lowest BCUT2D eigenvalue weighted by Gasteiger charge is -2.23. The highest BCUT2D eigenvalue weighted by molar-refractivity contribution is 5.99. The number of rotatable bonds is 5. The topological polar surface area (TPSA) is 74.4 Å². The number of nitrogens with one attached hydrogen (secondary N) is 2. The number of ether oxygens (including phenoxy) is 1. The number of hydrogen-bond acceptors (Lipinski definition) is 3. The fourth-order valence-electron chi connectivity index (χ4n) is 5.44. The number of halogens is 1. The molecule has 6 nitrogen and oxygen atoms in total. The Labute approximate surface area is 184 Å². The number of fused-ring (bicyclic) bond motifs is 2. The normalized spacial score (nSPS) is 28.0. The maximum atomic E-state index is 14.0. The van der Waals surface area contributed by atoms with E-state index < -0.39 is 29.4 Å². The largest absolute Gasteiger partial charge is 0.361 e. The lowest BCUT2D eigenvalue weighted by atomic mass is 9.77. The van der Waals surface area contributed by atoms with Gasteiger partial charge in [0.25, 0.3) is 0 Å². The summed E-state index contributed by atoms with van der Waals surface area (Å²) in [6.45, 7) is 0.970. The van der Waals surface area contributed by atoms with E-state index in [0.717, 1.165) is 16.5 Å². The van der Waals surface area contributed by atoms with Crippen LogP contribution in [-0.2, 0) is 20.7 Å². The molecule has 32 heavy (non-hydrogen) atoms. The molecule has 0 unspecified atom stereocenters. The molecule has 2 fully saturated rings. The van der Waals surface area contributed by atoms with Gasteiger partial charge in [-0.3, -0.25) is 9.59 Å². The Morgan fingerprint density at radius 3 is 2.91 bits per heavy atom. The number of hydrogen-bond donors (Lipinski definition) is 2. The smallest absolute Gasteiger partial charge is 0.231 e. The third-order valence-electron chi connectivity index (χ3n) is 6.94. The molecular weight excluding hydrogens is 409 g/mol. The summed E-state index contributed by atoms with van der Waals surface area (Å²) in [5.41, 5.74) is 1.55. The molecular formula is C25H22FN3O3. The van der Waals surface area contributed by atoms with Gasteiger partial charge in [0.15, 0.2) is 0 Å². The van der Waals surface area contributed by atoms with Crippen LogP contribution >= 0.6 is 0 Å². The maximum absolute atomic E-state index is 14.0. The Balaban J connectivity index is 1.21. The third-order valence-corrected chi connectivity index (χ3v) is 6.94. The van der Waals surface area contributed by atoms with Crippen molar-refractivity contribution in [1.82, 2.24) is 9.88 Å². The zero-order chi connectivity index (χ0) is 21.9. The van der Waals surface area contributed by atoms with Crippen LogP contribution in [0.5, 0.6) is 0 Å². The van der Waals surface area contributed by atoms with E-state index in [1.54, 1.807) is 17.0 Å². The van der Waals surface area contributed by atoms with E-state index in [-0.39, 0.29) is 17.5 Å². The van der Waals surface area contributed by atoms with Gasteiger partial charge in [-0.15, -0.1) is 0 Å². The first-order chi connectivity index (χ1) is 15.6. The SMILES string of the molecule is O=C(Nc1ccccc1F)[C@@H]1[C@H]2C=C[C@@]3(CN(CCc4c[nH]c5ccccc45)C(=O)[C@@H]13)O2. The van der Waals surface area contributed by atoms with Crippen LogP contribution in [0.2, 0.25) is 0 Å². The van der Waals surface area contributed by atoms with Crippen LogP contribution in [-0.4, -0.2) is 46.5 Å². The first-order valence-corrected chi connectivity index (χ1v) is 10.8. The monoisotopic (exact) mass is 431 g/mol. The van der Waals surface area contributed by atoms with Gasteiger partial charge in [-0.25, -0.2) is 4.39 Å². The van der Waals surface area contributed by atoms with Gasteiger partial charge in [-0.2, -0.15) is 0 Å². The summed E-state index contributed by atoms with van der Waals surface area (Å²) in [5, 5.41) is 3.80. The molecule has 4 heterocycles. The van der Waals surface area contributed by atoms with Crippen molar-refractivity contribution in [2.75, 3.05) is 18.4 Å². The highest BCUT2D eigenvalue weighted by Gasteiger charge is 2.66. The van der Waals surface area contributed by atoms with Gasteiger partial charge >= 0.3 is 0 Å². The summed E-state index contributed by atoms with van der Waals surface area (Å²) in [7, 11) is 0. The van der Waals surface area contributed by atoms with Crippen LogP contribution < -0.4 is 5.32 Å². The second-order valence-electron chi connectivity index (χ2n) is 8.74. The molecule has 2 bridgehead atoms. The minimum Gasteiger partial charge on any atom is -0.361 e. The van der Waals surface area contributed by atoms with Crippen LogP contribution in [0.25, 0.3) is 10.9 Å². The van der Waals surface area contributed by atoms with Crippen LogP contribution in [0.15, 0.2) is 66.9 Å². The lowest BCUT2D eigenvalue weighted by Crippen LogP contribution is -2.41. The van der Waals surface area contributed by atoms with Gasteiger partial charge in [0.2, 0.25) is 11.8 Å². The second kappa shape index (κ2) is 7.03. The molecule has 162 valence electrons. The van der Waals surface area contributed by atoms with Crippen molar-refractivity contribution >= 4 is 28.4 Å². The van der Waals surface area contributed by atoms with E-state index in [2.05, 4.69) is 16.4 Å². The van der Waals surface area contributed by atoms with Crippen molar-refractivity contribution in [1.29, 1.82) is 0 Å². The predicted molar refractivity (Wildman–Crippen MR) is 117 cm³/mol. The van der Waals surface area contributed by atoms with E-state index in [0.29, 0.717) is 19.5 Å². The third kappa shape index (κ3) is 2.81. The van der Waals surface area contributed by atoms with E-state index in [9.17, 15) is 14.0 Å². The van der Waals surface area contributed by atoms with E-state index in [1.165, 1.54) is 12.1 Å². The van der Waals surface area contributed by atoms with Gasteiger partial charge in [0.05, 0.1) is 30.2 Å². The van der Waals surface area contributed by atoms with Crippen LogP contribution in [0.1, 0.15) is 5.56 Å². The molecule has 3 aliphatic heterocycles. The van der Waals surface area contributed by atoms with Crippen LogP contribution in [0.4, 0.5) is 10.1 Å². The van der Waals surface area contributed by atoms with E-state index in [1.807, 2.05) is 36.5 Å². The highest BCUT2D eigenvalue weighted by atomic mass is 19.1. The predicted octanol–water partition coefficient (Wildman–Crippen LogP) is 3.27. The molecule has 1 aromatic heterocycles. The summed E-state index contributed by atoms with van der Waals surface area (Å²) < 4.78 is 20.2. The lowest BCUT2D eigenvalue weighted by molar-refractivity contribution is -0.135. The average molecular weight is 431 g/mol. The van der Waals surface area contributed by atoms with Crippen molar-refractivity contribution in [3.63, 3.8) is 0 Å². The molecule has 7 heteroatoms. The number of para-hydroxylation sites is 2. The minimum atomic E-state index is -0.779. The number of benzene rings is 2. The van der Waals surface area contributed by atoms with Gasteiger partial charge in [-0.05, 0) is 30.2 Å². The quantitative estimate of drug-likeness (QED) is 0.609. The van der Waals surface area contributed by atoms with Gasteiger partial charge in [-0.1, -0.05) is 42.5 Å². The fourth-order valence-corrected chi connectivity index (χ4v) is 5.44. The molecule has 0 aliphatic carbocycles. The number of carbonyl (C=O) groups is 2. The van der Waals surface area contributed by atoms with Gasteiger partial charge < -0.3 is 19.9 Å². The number of likely N-dealkylation sites (tertiary alicyclic amines) is 1.